The van der Waals surface area contributed by atoms with E-state index in [2.05, 4.69) is 43.0 Å². The number of nitrogens with one attached hydrogen (secondary N) is 1. The predicted molar refractivity (Wildman–Crippen MR) is 84.5 cm³/mol. The summed E-state index contributed by atoms with van der Waals surface area (Å²) in [7, 11) is 0. The summed E-state index contributed by atoms with van der Waals surface area (Å²) < 4.78 is 0. The number of fused-ring (bicyclic) bond motifs is 1. The third-order valence-corrected chi connectivity index (χ3v) is 4.78. The molecule has 0 amide bonds. The van der Waals surface area contributed by atoms with E-state index in [1.54, 1.807) is 17.7 Å². The number of aryl methyl sites for hydroxylation is 2. The monoisotopic (exact) mass is 297 g/mol. The molecule has 0 bridgehead atoms. The first kappa shape index (κ1) is 14.5. The van der Waals surface area contributed by atoms with Crippen LogP contribution in [-0.2, 0) is 0 Å². The number of aromatic nitrogens is 2. The summed E-state index contributed by atoms with van der Waals surface area (Å²) in [6.07, 6.45) is 2.62. The molecule has 0 aliphatic rings. The van der Waals surface area contributed by atoms with Crippen molar-refractivity contribution in [3.05, 3.63) is 16.8 Å². The van der Waals surface area contributed by atoms with E-state index in [0.29, 0.717) is 5.88 Å². The number of thiophene rings is 1. The number of halogens is 1. The molecule has 0 aliphatic heterocycles. The third-order valence-electron chi connectivity index (χ3n) is 3.47. The van der Waals surface area contributed by atoms with Gasteiger partial charge in [-0.25, -0.2) is 9.97 Å². The van der Waals surface area contributed by atoms with Gasteiger partial charge in [-0.05, 0) is 31.2 Å². The highest BCUT2D eigenvalue weighted by molar-refractivity contribution is 7.18. The lowest BCUT2D eigenvalue weighted by Gasteiger charge is -2.24. The van der Waals surface area contributed by atoms with Gasteiger partial charge in [0.15, 0.2) is 0 Å². The highest BCUT2D eigenvalue weighted by Crippen LogP contribution is 2.33. The quantitative estimate of drug-likeness (QED) is 0.833. The minimum atomic E-state index is 0.165. The van der Waals surface area contributed by atoms with Gasteiger partial charge in [-0.1, -0.05) is 13.8 Å². The highest BCUT2D eigenvalue weighted by Gasteiger charge is 2.18. The van der Waals surface area contributed by atoms with Crippen molar-refractivity contribution >= 4 is 39.0 Å². The molecule has 1 N–H and O–H groups in total. The minimum Gasteiger partial charge on any atom is -0.369 e. The van der Waals surface area contributed by atoms with Crippen LogP contribution in [0, 0.1) is 19.3 Å². The fraction of sp³-hybridized carbons (Fsp3) is 0.571. The standard InChI is InChI=1S/C14H20ClN3S/c1-9-10(2)19-13-11(9)12(17-8-18-13)16-7-14(3,4)5-6-15/h8H,5-7H2,1-4H3,(H,16,17,18). The molecule has 19 heavy (non-hydrogen) atoms. The van der Waals surface area contributed by atoms with Gasteiger partial charge >= 0.3 is 0 Å². The first-order valence-corrected chi connectivity index (χ1v) is 7.80. The van der Waals surface area contributed by atoms with Crippen molar-refractivity contribution in [3.8, 4) is 0 Å². The largest absolute Gasteiger partial charge is 0.369 e. The molecule has 2 aromatic heterocycles. The molecule has 0 saturated carbocycles. The molecule has 0 fully saturated rings. The van der Waals surface area contributed by atoms with Crippen molar-refractivity contribution in [2.45, 2.75) is 34.1 Å². The van der Waals surface area contributed by atoms with Crippen LogP contribution in [0.15, 0.2) is 6.33 Å². The second kappa shape index (κ2) is 5.63. The first-order valence-electron chi connectivity index (χ1n) is 6.45. The lowest BCUT2D eigenvalue weighted by molar-refractivity contribution is 0.379. The normalized spacial score (nSPS) is 12.1. The van der Waals surface area contributed by atoms with E-state index in [-0.39, 0.29) is 5.41 Å². The van der Waals surface area contributed by atoms with Crippen LogP contribution in [0.5, 0.6) is 0 Å². The van der Waals surface area contributed by atoms with E-state index in [0.717, 1.165) is 29.0 Å². The SMILES string of the molecule is Cc1sc2ncnc(NCC(C)(C)CCCl)c2c1C. The van der Waals surface area contributed by atoms with E-state index in [1.807, 2.05) is 0 Å². The van der Waals surface area contributed by atoms with Gasteiger partial charge in [-0.2, -0.15) is 0 Å². The summed E-state index contributed by atoms with van der Waals surface area (Å²) in [5, 5.41) is 4.62. The van der Waals surface area contributed by atoms with Crippen LogP contribution in [0.3, 0.4) is 0 Å². The maximum atomic E-state index is 5.84. The summed E-state index contributed by atoms with van der Waals surface area (Å²) in [6.45, 7) is 9.55. The lowest BCUT2D eigenvalue weighted by Crippen LogP contribution is -2.24. The Kier molecular flexibility index (Phi) is 4.31. The Labute approximate surface area is 123 Å². The number of rotatable bonds is 5. The average Bonchev–Trinajstić information content (AvgIpc) is 2.63. The van der Waals surface area contributed by atoms with Crippen LogP contribution >= 0.6 is 22.9 Å². The fourth-order valence-corrected chi connectivity index (χ4v) is 3.49. The van der Waals surface area contributed by atoms with Crippen molar-refractivity contribution in [3.63, 3.8) is 0 Å². The molecule has 0 radical (unpaired) electrons. The van der Waals surface area contributed by atoms with Crippen LogP contribution in [-0.4, -0.2) is 22.4 Å². The molecule has 0 spiro atoms. The van der Waals surface area contributed by atoms with Crippen LogP contribution in [0.2, 0.25) is 0 Å². The zero-order valence-corrected chi connectivity index (χ0v) is 13.5. The smallest absolute Gasteiger partial charge is 0.138 e. The van der Waals surface area contributed by atoms with Crippen LogP contribution in [0.25, 0.3) is 10.2 Å². The summed E-state index contributed by atoms with van der Waals surface area (Å²) in [5.74, 6) is 1.62. The van der Waals surface area contributed by atoms with E-state index in [9.17, 15) is 0 Å². The number of nitrogens with zero attached hydrogens (tertiary/aromatic N) is 2. The van der Waals surface area contributed by atoms with Gasteiger partial charge in [0.25, 0.3) is 0 Å². The molecule has 0 aliphatic carbocycles. The Morgan fingerprint density at radius 3 is 2.74 bits per heavy atom. The lowest BCUT2D eigenvalue weighted by atomic mass is 9.90. The molecule has 104 valence electrons. The van der Waals surface area contributed by atoms with E-state index < -0.39 is 0 Å². The van der Waals surface area contributed by atoms with E-state index in [1.165, 1.54) is 10.4 Å². The van der Waals surface area contributed by atoms with Crippen molar-refractivity contribution in [1.29, 1.82) is 0 Å². The predicted octanol–water partition coefficient (Wildman–Crippen LogP) is 4.38. The van der Waals surface area contributed by atoms with Gasteiger partial charge in [0.1, 0.15) is 17.0 Å². The topological polar surface area (TPSA) is 37.8 Å². The molecule has 0 unspecified atom stereocenters. The molecule has 5 heteroatoms. The summed E-state index contributed by atoms with van der Waals surface area (Å²) in [4.78, 5) is 11.1. The maximum Gasteiger partial charge on any atom is 0.138 e. The van der Waals surface area contributed by atoms with Crippen molar-refractivity contribution in [2.24, 2.45) is 5.41 Å². The Morgan fingerprint density at radius 1 is 1.32 bits per heavy atom. The number of hydrogen-bond acceptors (Lipinski definition) is 4. The van der Waals surface area contributed by atoms with Gasteiger partial charge in [-0.15, -0.1) is 22.9 Å². The summed E-state index contributed by atoms with van der Waals surface area (Å²) in [5.41, 5.74) is 1.44. The van der Waals surface area contributed by atoms with Crippen LogP contribution in [0.4, 0.5) is 5.82 Å². The number of alkyl halides is 1. The zero-order valence-electron chi connectivity index (χ0n) is 11.9. The minimum absolute atomic E-state index is 0.165. The Bertz CT molecular complexity index is 577. The third kappa shape index (κ3) is 3.18. The average molecular weight is 298 g/mol. The van der Waals surface area contributed by atoms with Gasteiger partial charge in [0.2, 0.25) is 0 Å². The Balaban J connectivity index is 2.26. The van der Waals surface area contributed by atoms with Gasteiger partial charge in [-0.3, -0.25) is 0 Å². The van der Waals surface area contributed by atoms with E-state index >= 15 is 0 Å². The van der Waals surface area contributed by atoms with E-state index in [4.69, 9.17) is 11.6 Å². The Hall–Kier alpha value is -0.870. The van der Waals surface area contributed by atoms with Crippen molar-refractivity contribution < 1.29 is 0 Å². The summed E-state index contributed by atoms with van der Waals surface area (Å²) in [6, 6.07) is 0. The van der Waals surface area contributed by atoms with Crippen LogP contribution < -0.4 is 5.32 Å². The fourth-order valence-electron chi connectivity index (χ4n) is 1.98. The molecule has 0 saturated heterocycles. The van der Waals surface area contributed by atoms with Gasteiger partial charge in [0.05, 0.1) is 5.39 Å². The molecule has 3 nitrogen and oxygen atoms in total. The molecule has 0 atom stereocenters. The Morgan fingerprint density at radius 2 is 2.05 bits per heavy atom. The molecular weight excluding hydrogens is 278 g/mol. The molecular formula is C14H20ClN3S. The first-order chi connectivity index (χ1) is 8.94. The molecule has 2 rings (SSSR count). The zero-order chi connectivity index (χ0) is 14.0. The van der Waals surface area contributed by atoms with Crippen LogP contribution in [0.1, 0.15) is 30.7 Å². The highest BCUT2D eigenvalue weighted by atomic mass is 35.5. The second-order valence-corrected chi connectivity index (χ2v) is 7.22. The van der Waals surface area contributed by atoms with Crippen molar-refractivity contribution in [1.82, 2.24) is 9.97 Å². The molecule has 2 heterocycles. The number of hydrogen-bond donors (Lipinski definition) is 1. The van der Waals surface area contributed by atoms with Crippen molar-refractivity contribution in [2.75, 3.05) is 17.7 Å². The number of anilines is 1. The molecule has 0 aromatic carbocycles. The summed E-state index contributed by atoms with van der Waals surface area (Å²) >= 11 is 7.56. The second-order valence-electron chi connectivity index (χ2n) is 5.64. The van der Waals surface area contributed by atoms with Gasteiger partial charge < -0.3 is 5.32 Å². The maximum absolute atomic E-state index is 5.84. The molecule has 2 aromatic rings. The van der Waals surface area contributed by atoms with Gasteiger partial charge in [0, 0.05) is 17.3 Å².